The van der Waals surface area contributed by atoms with E-state index in [4.69, 9.17) is 4.74 Å². The van der Waals surface area contributed by atoms with Crippen LogP contribution in [0.4, 0.5) is 0 Å². The smallest absolute Gasteiger partial charge is 0.193 e. The minimum atomic E-state index is -0.00320. The number of benzene rings is 1. The number of hydrogen-bond donors (Lipinski definition) is 0. The van der Waals surface area contributed by atoms with Crippen molar-refractivity contribution in [3.05, 3.63) is 89.6 Å². The molecule has 2 aliphatic carbocycles. The predicted octanol–water partition coefficient (Wildman–Crippen LogP) is 4.54. The second-order valence-electron chi connectivity index (χ2n) is 5.98. The van der Waals surface area contributed by atoms with Crippen LogP contribution < -0.4 is 4.74 Å². The molecule has 0 saturated carbocycles. The fraction of sp³-hybridized carbons (Fsp3) is 0.182. The van der Waals surface area contributed by atoms with Crippen molar-refractivity contribution in [1.82, 2.24) is 0 Å². The molecule has 2 aliphatic rings. The highest BCUT2D eigenvalue weighted by atomic mass is 16.5. The quantitative estimate of drug-likeness (QED) is 0.359. The molecule has 0 amide bonds. The molecule has 0 aromatic heterocycles. The molecule has 25 heavy (non-hydrogen) atoms. The average Bonchev–Trinajstić information content (AvgIpc) is 2.55. The highest BCUT2D eigenvalue weighted by molar-refractivity contribution is 6.12. The van der Waals surface area contributed by atoms with E-state index in [1.165, 1.54) is 6.08 Å². The maximum atomic E-state index is 12.0. The first kappa shape index (κ1) is 16.9. The molecule has 0 radical (unpaired) electrons. The first-order valence-electron chi connectivity index (χ1n) is 8.43. The van der Waals surface area contributed by atoms with Gasteiger partial charge >= 0.3 is 0 Å². The van der Waals surface area contributed by atoms with Crippen LogP contribution in [0.5, 0.6) is 5.75 Å². The standard InChI is InChI=1S/C22H20O3/c1-2-21(23)20-14-11-16(20)6-3-4-15-25-19-12-9-18(10-13-19)22(24)17-7-5-8-17/h2,5,7-14H,1,3-4,6,15H2. The van der Waals surface area contributed by atoms with Crippen LogP contribution in [-0.4, -0.2) is 18.2 Å². The Bertz CT molecular complexity index is 817. The normalized spacial score (nSPS) is 14.5. The maximum Gasteiger partial charge on any atom is 0.193 e. The summed E-state index contributed by atoms with van der Waals surface area (Å²) in [6, 6.07) is 7.24. The molecule has 0 aliphatic heterocycles. The van der Waals surface area contributed by atoms with Crippen LogP contribution in [0.3, 0.4) is 0 Å². The average molecular weight is 332 g/mol. The first-order chi connectivity index (χ1) is 12.2. The molecule has 3 heteroatoms. The van der Waals surface area contributed by atoms with Gasteiger partial charge in [-0.2, -0.15) is 0 Å². The Kier molecular flexibility index (Phi) is 5.24. The molecule has 0 heterocycles. The van der Waals surface area contributed by atoms with E-state index < -0.39 is 0 Å². The Hall–Kier alpha value is -2.94. The Morgan fingerprint density at radius 1 is 1.04 bits per heavy atom. The number of carbonyl (C=O) groups is 2. The van der Waals surface area contributed by atoms with Crippen LogP contribution in [0.2, 0.25) is 0 Å². The van der Waals surface area contributed by atoms with Crippen LogP contribution >= 0.6 is 0 Å². The Morgan fingerprint density at radius 2 is 1.80 bits per heavy atom. The van der Waals surface area contributed by atoms with Crippen molar-refractivity contribution in [1.29, 1.82) is 0 Å². The number of Topliss-reactive ketones (excluding diaryl/α,β-unsaturated/α-hetero) is 1. The van der Waals surface area contributed by atoms with E-state index in [0.29, 0.717) is 12.2 Å². The van der Waals surface area contributed by atoms with Gasteiger partial charge < -0.3 is 4.74 Å². The van der Waals surface area contributed by atoms with Crippen LogP contribution in [0, 0.1) is 0 Å². The molecule has 0 spiro atoms. The van der Waals surface area contributed by atoms with E-state index in [0.717, 1.165) is 41.7 Å². The summed E-state index contributed by atoms with van der Waals surface area (Å²) in [5, 5.41) is 0. The third kappa shape index (κ3) is 3.94. The number of carbonyl (C=O) groups excluding carboxylic acids is 2. The van der Waals surface area contributed by atoms with Gasteiger partial charge in [-0.3, -0.25) is 9.59 Å². The molecule has 1 aromatic rings. The van der Waals surface area contributed by atoms with E-state index in [-0.39, 0.29) is 11.6 Å². The lowest BCUT2D eigenvalue weighted by Crippen LogP contribution is -2.06. The van der Waals surface area contributed by atoms with E-state index in [2.05, 4.69) is 6.58 Å². The fourth-order valence-corrected chi connectivity index (χ4v) is 2.67. The number of unbranched alkanes of at least 4 members (excludes halogenated alkanes) is 1. The molecular formula is C22H20O3. The minimum absolute atomic E-state index is 0.00320. The highest BCUT2D eigenvalue weighted by Crippen LogP contribution is 2.25. The molecule has 0 fully saturated rings. The fourth-order valence-electron chi connectivity index (χ4n) is 2.67. The number of ketones is 2. The molecule has 1 aromatic carbocycles. The van der Waals surface area contributed by atoms with Crippen molar-refractivity contribution in [3.63, 3.8) is 0 Å². The Morgan fingerprint density at radius 3 is 2.36 bits per heavy atom. The van der Waals surface area contributed by atoms with E-state index >= 15 is 0 Å². The highest BCUT2D eigenvalue weighted by Gasteiger charge is 2.14. The SMILES string of the molecule is C=CC(=O)C1=C(CCCCOc2ccc(C(=O)C3=CC=C3)cc2)C=C1. The summed E-state index contributed by atoms with van der Waals surface area (Å²) < 4.78 is 5.71. The summed E-state index contributed by atoms with van der Waals surface area (Å²) in [5.74, 6) is 0.803. The zero-order valence-electron chi connectivity index (χ0n) is 14.0. The molecule has 0 N–H and O–H groups in total. The molecule has 0 saturated heterocycles. The minimum Gasteiger partial charge on any atom is -0.494 e. The summed E-state index contributed by atoms with van der Waals surface area (Å²) in [4.78, 5) is 23.6. The Labute approximate surface area is 147 Å². The van der Waals surface area contributed by atoms with Crippen LogP contribution in [-0.2, 0) is 4.79 Å². The molecule has 0 atom stereocenters. The van der Waals surface area contributed by atoms with Gasteiger partial charge in [0, 0.05) is 16.7 Å². The maximum absolute atomic E-state index is 12.0. The van der Waals surface area contributed by atoms with Gasteiger partial charge in [-0.1, -0.05) is 37.0 Å². The Balaban J connectivity index is 1.39. The van der Waals surface area contributed by atoms with Crippen molar-refractivity contribution >= 4 is 11.6 Å². The van der Waals surface area contributed by atoms with Crippen molar-refractivity contribution in [2.45, 2.75) is 19.3 Å². The van der Waals surface area contributed by atoms with Crippen LogP contribution in [0.15, 0.2) is 84.0 Å². The topological polar surface area (TPSA) is 43.4 Å². The molecular weight excluding hydrogens is 312 g/mol. The number of allylic oxidation sites excluding steroid dienone is 9. The monoisotopic (exact) mass is 332 g/mol. The van der Waals surface area contributed by atoms with Gasteiger partial charge in [0.15, 0.2) is 11.6 Å². The van der Waals surface area contributed by atoms with Gasteiger partial charge in [-0.05, 0) is 55.2 Å². The lowest BCUT2D eigenvalue weighted by molar-refractivity contribution is -0.111. The summed E-state index contributed by atoms with van der Waals surface area (Å²) in [5.41, 5.74) is 3.30. The lowest BCUT2D eigenvalue weighted by Gasteiger charge is -2.14. The van der Waals surface area contributed by atoms with E-state index in [1.54, 1.807) is 12.1 Å². The zero-order chi connectivity index (χ0) is 17.6. The van der Waals surface area contributed by atoms with Crippen molar-refractivity contribution < 1.29 is 14.3 Å². The predicted molar refractivity (Wildman–Crippen MR) is 98.7 cm³/mol. The third-order valence-corrected chi connectivity index (χ3v) is 4.29. The van der Waals surface area contributed by atoms with Crippen molar-refractivity contribution in [2.24, 2.45) is 0 Å². The van der Waals surface area contributed by atoms with Gasteiger partial charge in [-0.25, -0.2) is 0 Å². The molecule has 0 unspecified atom stereocenters. The summed E-state index contributed by atoms with van der Waals surface area (Å²) in [7, 11) is 0. The van der Waals surface area contributed by atoms with Crippen molar-refractivity contribution in [2.75, 3.05) is 6.61 Å². The van der Waals surface area contributed by atoms with E-state index in [1.807, 2.05) is 42.5 Å². The second kappa shape index (κ2) is 7.75. The second-order valence-corrected chi connectivity index (χ2v) is 5.98. The number of ether oxygens (including phenoxy) is 1. The van der Waals surface area contributed by atoms with Crippen LogP contribution in [0.1, 0.15) is 29.6 Å². The largest absolute Gasteiger partial charge is 0.494 e. The number of rotatable bonds is 10. The molecule has 126 valence electrons. The molecule has 3 rings (SSSR count). The van der Waals surface area contributed by atoms with Gasteiger partial charge in [0.2, 0.25) is 0 Å². The number of hydrogen-bond acceptors (Lipinski definition) is 3. The van der Waals surface area contributed by atoms with Gasteiger partial charge in [0.25, 0.3) is 0 Å². The lowest BCUT2D eigenvalue weighted by atomic mass is 9.91. The molecule has 0 bridgehead atoms. The summed E-state index contributed by atoms with van der Waals surface area (Å²) in [6.07, 6.45) is 13.4. The van der Waals surface area contributed by atoms with Gasteiger partial charge in [0.05, 0.1) is 6.61 Å². The molecule has 3 nitrogen and oxygen atoms in total. The van der Waals surface area contributed by atoms with Gasteiger partial charge in [0.1, 0.15) is 5.75 Å². The van der Waals surface area contributed by atoms with E-state index in [9.17, 15) is 9.59 Å². The van der Waals surface area contributed by atoms with Crippen molar-refractivity contribution in [3.8, 4) is 5.75 Å². The van der Waals surface area contributed by atoms with Gasteiger partial charge in [-0.15, -0.1) is 0 Å². The third-order valence-electron chi connectivity index (χ3n) is 4.29. The first-order valence-corrected chi connectivity index (χ1v) is 8.43. The van der Waals surface area contributed by atoms with Crippen LogP contribution in [0.25, 0.3) is 0 Å². The zero-order valence-corrected chi connectivity index (χ0v) is 14.0. The summed E-state index contributed by atoms with van der Waals surface area (Å²) >= 11 is 0. The summed E-state index contributed by atoms with van der Waals surface area (Å²) in [6.45, 7) is 4.12.